The van der Waals surface area contributed by atoms with Crippen LogP contribution in [-0.2, 0) is 11.3 Å². The molecule has 3 nitrogen and oxygen atoms in total. The largest absolute Gasteiger partial charge is 0.445 e. The summed E-state index contributed by atoms with van der Waals surface area (Å²) in [5, 5.41) is 2.84. The molecule has 0 aliphatic rings. The summed E-state index contributed by atoms with van der Waals surface area (Å²) in [6.07, 6.45) is 5.91. The van der Waals surface area contributed by atoms with Crippen LogP contribution in [0.1, 0.15) is 17.5 Å². The molecule has 2 aromatic carbocycles. The van der Waals surface area contributed by atoms with E-state index in [1.807, 2.05) is 72.8 Å². The van der Waals surface area contributed by atoms with Crippen molar-refractivity contribution in [2.75, 3.05) is 0 Å². The molecular formula is C20H21NO2. The van der Waals surface area contributed by atoms with Crippen molar-refractivity contribution in [1.29, 1.82) is 0 Å². The molecule has 118 valence electrons. The van der Waals surface area contributed by atoms with Crippen molar-refractivity contribution in [3.8, 4) is 0 Å². The first-order valence-corrected chi connectivity index (χ1v) is 7.59. The lowest BCUT2D eigenvalue weighted by Crippen LogP contribution is -2.33. The van der Waals surface area contributed by atoms with Gasteiger partial charge in [-0.1, -0.05) is 78.9 Å². The first-order chi connectivity index (χ1) is 11.3. The standard InChI is InChI=1S/C20H21NO2/c1-2-9-19(15-14-17-10-5-3-6-11-17)21-20(22)23-16-18-12-7-4-8-13-18/h2-8,10-15,19H,1,9,16H2,(H,21,22). The molecule has 1 amide bonds. The van der Waals surface area contributed by atoms with Gasteiger partial charge in [-0.3, -0.25) is 0 Å². The van der Waals surface area contributed by atoms with Crippen LogP contribution in [0.3, 0.4) is 0 Å². The van der Waals surface area contributed by atoms with E-state index < -0.39 is 6.09 Å². The zero-order valence-electron chi connectivity index (χ0n) is 13.0. The molecular weight excluding hydrogens is 286 g/mol. The van der Waals surface area contributed by atoms with E-state index in [0.717, 1.165) is 11.1 Å². The van der Waals surface area contributed by atoms with Crippen molar-refractivity contribution in [1.82, 2.24) is 5.32 Å². The van der Waals surface area contributed by atoms with E-state index in [2.05, 4.69) is 11.9 Å². The highest BCUT2D eigenvalue weighted by atomic mass is 16.5. The fourth-order valence-corrected chi connectivity index (χ4v) is 2.07. The second-order valence-corrected chi connectivity index (χ2v) is 5.11. The summed E-state index contributed by atoms with van der Waals surface area (Å²) in [5.41, 5.74) is 2.05. The molecule has 0 radical (unpaired) electrons. The Bertz CT molecular complexity index is 635. The molecule has 1 atom stereocenters. The first-order valence-electron chi connectivity index (χ1n) is 7.59. The van der Waals surface area contributed by atoms with E-state index >= 15 is 0 Å². The number of carbonyl (C=O) groups is 1. The number of carbonyl (C=O) groups excluding carboxylic acids is 1. The molecule has 0 aliphatic heterocycles. The highest BCUT2D eigenvalue weighted by molar-refractivity contribution is 5.68. The molecule has 2 rings (SSSR count). The molecule has 0 bridgehead atoms. The van der Waals surface area contributed by atoms with Crippen LogP contribution in [0.15, 0.2) is 79.4 Å². The number of benzene rings is 2. The zero-order valence-corrected chi connectivity index (χ0v) is 13.0. The Kier molecular flexibility index (Phi) is 6.66. The molecule has 0 saturated carbocycles. The van der Waals surface area contributed by atoms with E-state index in [4.69, 9.17) is 4.74 Å². The summed E-state index contributed by atoms with van der Waals surface area (Å²) in [6.45, 7) is 3.99. The Morgan fingerprint density at radius 3 is 2.39 bits per heavy atom. The van der Waals surface area contributed by atoms with Crippen LogP contribution in [0.4, 0.5) is 4.79 Å². The van der Waals surface area contributed by atoms with Gasteiger partial charge in [0.2, 0.25) is 0 Å². The van der Waals surface area contributed by atoms with Gasteiger partial charge < -0.3 is 10.1 Å². The SMILES string of the molecule is C=CCC(C=Cc1ccccc1)NC(=O)OCc1ccccc1. The van der Waals surface area contributed by atoms with Crippen molar-refractivity contribution >= 4 is 12.2 Å². The second-order valence-electron chi connectivity index (χ2n) is 5.11. The second kappa shape index (κ2) is 9.26. The normalized spacial score (nSPS) is 11.8. The minimum absolute atomic E-state index is 0.143. The highest BCUT2D eigenvalue weighted by Gasteiger charge is 2.09. The van der Waals surface area contributed by atoms with Gasteiger partial charge in [-0.2, -0.15) is 0 Å². The van der Waals surface area contributed by atoms with Crippen LogP contribution in [0, 0.1) is 0 Å². The van der Waals surface area contributed by atoms with E-state index in [-0.39, 0.29) is 12.6 Å². The third-order valence-electron chi connectivity index (χ3n) is 3.26. The fraction of sp³-hybridized carbons (Fsp3) is 0.150. The summed E-state index contributed by atoms with van der Waals surface area (Å²) in [5.74, 6) is 0. The van der Waals surface area contributed by atoms with Crippen LogP contribution in [-0.4, -0.2) is 12.1 Å². The molecule has 0 heterocycles. The van der Waals surface area contributed by atoms with Crippen LogP contribution in [0.5, 0.6) is 0 Å². The topological polar surface area (TPSA) is 38.3 Å². The smallest absolute Gasteiger partial charge is 0.407 e. The monoisotopic (exact) mass is 307 g/mol. The van der Waals surface area contributed by atoms with E-state index in [9.17, 15) is 4.79 Å². The minimum atomic E-state index is -0.432. The number of ether oxygens (including phenoxy) is 1. The maximum Gasteiger partial charge on any atom is 0.407 e. The minimum Gasteiger partial charge on any atom is -0.445 e. The van der Waals surface area contributed by atoms with Gasteiger partial charge >= 0.3 is 6.09 Å². The molecule has 0 fully saturated rings. The van der Waals surface area contributed by atoms with Gasteiger partial charge in [0.05, 0.1) is 6.04 Å². The Hall–Kier alpha value is -2.81. The molecule has 1 N–H and O–H groups in total. The van der Waals surface area contributed by atoms with Crippen molar-refractivity contribution in [3.63, 3.8) is 0 Å². The average molecular weight is 307 g/mol. The van der Waals surface area contributed by atoms with Gasteiger partial charge in [0.15, 0.2) is 0 Å². The molecule has 0 aromatic heterocycles. The maximum atomic E-state index is 11.9. The molecule has 3 heteroatoms. The average Bonchev–Trinajstić information content (AvgIpc) is 2.60. The summed E-state index contributed by atoms with van der Waals surface area (Å²) >= 11 is 0. The molecule has 1 unspecified atom stereocenters. The number of rotatable bonds is 7. The van der Waals surface area contributed by atoms with Gasteiger partial charge in [0.25, 0.3) is 0 Å². The van der Waals surface area contributed by atoms with Crippen LogP contribution in [0.25, 0.3) is 6.08 Å². The predicted octanol–water partition coefficient (Wildman–Crippen LogP) is 4.57. The number of amides is 1. The molecule has 23 heavy (non-hydrogen) atoms. The lowest BCUT2D eigenvalue weighted by atomic mass is 10.1. The van der Waals surface area contributed by atoms with Crippen molar-refractivity contribution < 1.29 is 9.53 Å². The number of nitrogens with one attached hydrogen (secondary N) is 1. The molecule has 0 aliphatic carbocycles. The zero-order chi connectivity index (χ0) is 16.3. The summed E-state index contributed by atoms with van der Waals surface area (Å²) in [7, 11) is 0. The first kappa shape index (κ1) is 16.6. The van der Waals surface area contributed by atoms with Gasteiger partial charge in [0.1, 0.15) is 6.61 Å². The number of hydrogen-bond donors (Lipinski definition) is 1. The van der Waals surface area contributed by atoms with Crippen LogP contribution >= 0.6 is 0 Å². The van der Waals surface area contributed by atoms with Crippen molar-refractivity contribution in [2.24, 2.45) is 0 Å². The summed E-state index contributed by atoms with van der Waals surface area (Å²) < 4.78 is 5.24. The van der Waals surface area contributed by atoms with E-state index in [1.165, 1.54) is 0 Å². The quantitative estimate of drug-likeness (QED) is 0.761. The Balaban J connectivity index is 1.87. The Morgan fingerprint density at radius 2 is 1.74 bits per heavy atom. The number of alkyl carbamates (subject to hydrolysis) is 1. The Morgan fingerprint density at radius 1 is 1.09 bits per heavy atom. The fourth-order valence-electron chi connectivity index (χ4n) is 2.07. The van der Waals surface area contributed by atoms with E-state index in [1.54, 1.807) is 6.08 Å². The molecule has 0 saturated heterocycles. The van der Waals surface area contributed by atoms with Crippen molar-refractivity contribution in [2.45, 2.75) is 19.1 Å². The molecule has 0 spiro atoms. The third-order valence-corrected chi connectivity index (χ3v) is 3.26. The highest BCUT2D eigenvalue weighted by Crippen LogP contribution is 2.05. The lowest BCUT2D eigenvalue weighted by Gasteiger charge is -2.13. The summed E-state index contributed by atoms with van der Waals surface area (Å²) in [4.78, 5) is 11.9. The summed E-state index contributed by atoms with van der Waals surface area (Å²) in [6, 6.07) is 19.4. The Labute approximate surface area is 137 Å². The van der Waals surface area contributed by atoms with Crippen LogP contribution in [0.2, 0.25) is 0 Å². The van der Waals surface area contributed by atoms with Gasteiger partial charge in [-0.05, 0) is 17.5 Å². The van der Waals surface area contributed by atoms with E-state index in [0.29, 0.717) is 6.42 Å². The van der Waals surface area contributed by atoms with Gasteiger partial charge in [-0.15, -0.1) is 6.58 Å². The molecule has 2 aromatic rings. The number of hydrogen-bond acceptors (Lipinski definition) is 2. The van der Waals surface area contributed by atoms with Crippen molar-refractivity contribution in [3.05, 3.63) is 90.5 Å². The maximum absolute atomic E-state index is 11.9. The van der Waals surface area contributed by atoms with Gasteiger partial charge in [-0.25, -0.2) is 4.79 Å². The third kappa shape index (κ3) is 6.22. The van der Waals surface area contributed by atoms with Crippen LogP contribution < -0.4 is 5.32 Å². The predicted molar refractivity (Wildman–Crippen MR) is 93.8 cm³/mol. The van der Waals surface area contributed by atoms with Gasteiger partial charge in [0, 0.05) is 0 Å². The lowest BCUT2D eigenvalue weighted by molar-refractivity contribution is 0.137.